The van der Waals surface area contributed by atoms with E-state index in [1.807, 2.05) is 6.08 Å². The van der Waals surface area contributed by atoms with Crippen LogP contribution in [0.4, 0.5) is 0 Å². The lowest BCUT2D eigenvalue weighted by atomic mass is 10.2. The first-order valence-corrected chi connectivity index (χ1v) is 7.28. The second-order valence-corrected chi connectivity index (χ2v) is 4.82. The van der Waals surface area contributed by atoms with Gasteiger partial charge in [-0.05, 0) is 38.1 Å². The molecule has 3 nitrogen and oxygen atoms in total. The third-order valence-corrected chi connectivity index (χ3v) is 2.91. The fourth-order valence-corrected chi connectivity index (χ4v) is 2.07. The van der Waals surface area contributed by atoms with Gasteiger partial charge in [-0.1, -0.05) is 26.0 Å². The summed E-state index contributed by atoms with van der Waals surface area (Å²) in [6.45, 7) is 13.0. The van der Waals surface area contributed by atoms with E-state index in [1.165, 1.54) is 0 Å². The Kier molecular flexibility index (Phi) is 8.10. The van der Waals surface area contributed by atoms with Crippen LogP contribution in [0.25, 0.3) is 0 Å². The van der Waals surface area contributed by atoms with Crippen LogP contribution in [0.3, 0.4) is 0 Å². The van der Waals surface area contributed by atoms with Crippen LogP contribution in [0, 0.1) is 0 Å². The van der Waals surface area contributed by atoms with Crippen LogP contribution < -0.4 is 5.32 Å². The predicted molar refractivity (Wildman–Crippen MR) is 82.0 cm³/mol. The zero-order valence-corrected chi connectivity index (χ0v) is 12.4. The first-order chi connectivity index (χ1) is 9.30. The van der Waals surface area contributed by atoms with Crippen molar-refractivity contribution in [2.75, 3.05) is 19.6 Å². The number of rotatable bonds is 10. The number of aromatic nitrogens is 1. The summed E-state index contributed by atoms with van der Waals surface area (Å²) in [5, 5.41) is 3.39. The van der Waals surface area contributed by atoms with Crippen LogP contribution in [-0.2, 0) is 13.1 Å². The Labute approximate surface area is 117 Å². The SMILES string of the molecule is C=CCN(CCC)Cc1cccc(CNCCC)n1. The average Bonchev–Trinajstić information content (AvgIpc) is 2.40. The lowest BCUT2D eigenvalue weighted by molar-refractivity contribution is 0.291. The molecule has 3 heteroatoms. The van der Waals surface area contributed by atoms with Gasteiger partial charge in [-0.2, -0.15) is 0 Å². The molecular formula is C16H27N3. The maximum absolute atomic E-state index is 4.71. The van der Waals surface area contributed by atoms with E-state index in [2.05, 4.69) is 48.8 Å². The molecule has 1 N–H and O–H groups in total. The van der Waals surface area contributed by atoms with E-state index in [9.17, 15) is 0 Å². The summed E-state index contributed by atoms with van der Waals surface area (Å²) in [5.74, 6) is 0. The van der Waals surface area contributed by atoms with Crippen LogP contribution in [0.1, 0.15) is 38.1 Å². The van der Waals surface area contributed by atoms with Gasteiger partial charge in [-0.3, -0.25) is 9.88 Å². The van der Waals surface area contributed by atoms with Gasteiger partial charge in [-0.15, -0.1) is 6.58 Å². The van der Waals surface area contributed by atoms with Crippen LogP contribution in [0.5, 0.6) is 0 Å². The fourth-order valence-electron chi connectivity index (χ4n) is 2.07. The van der Waals surface area contributed by atoms with Crippen LogP contribution in [0.2, 0.25) is 0 Å². The molecule has 0 radical (unpaired) electrons. The quantitative estimate of drug-likeness (QED) is 0.518. The zero-order valence-electron chi connectivity index (χ0n) is 12.4. The molecule has 0 aromatic carbocycles. The van der Waals surface area contributed by atoms with E-state index >= 15 is 0 Å². The molecule has 1 aromatic heterocycles. The summed E-state index contributed by atoms with van der Waals surface area (Å²) in [7, 11) is 0. The van der Waals surface area contributed by atoms with Gasteiger partial charge in [0.2, 0.25) is 0 Å². The molecule has 1 heterocycles. The van der Waals surface area contributed by atoms with Crippen molar-refractivity contribution in [3.63, 3.8) is 0 Å². The van der Waals surface area contributed by atoms with Crippen molar-refractivity contribution in [2.24, 2.45) is 0 Å². The van der Waals surface area contributed by atoms with E-state index in [1.54, 1.807) is 0 Å². The molecule has 0 aliphatic heterocycles. The molecule has 0 saturated carbocycles. The molecule has 0 aliphatic rings. The lowest BCUT2D eigenvalue weighted by Crippen LogP contribution is -2.25. The highest BCUT2D eigenvalue weighted by Gasteiger charge is 2.05. The Morgan fingerprint density at radius 1 is 1.26 bits per heavy atom. The van der Waals surface area contributed by atoms with Gasteiger partial charge in [0.1, 0.15) is 0 Å². The maximum Gasteiger partial charge on any atom is 0.0547 e. The molecule has 19 heavy (non-hydrogen) atoms. The molecule has 1 rings (SSSR count). The van der Waals surface area contributed by atoms with Gasteiger partial charge in [0.05, 0.1) is 11.4 Å². The highest BCUT2D eigenvalue weighted by Crippen LogP contribution is 2.05. The van der Waals surface area contributed by atoms with Crippen molar-refractivity contribution in [2.45, 2.75) is 39.8 Å². The second-order valence-electron chi connectivity index (χ2n) is 4.82. The summed E-state index contributed by atoms with van der Waals surface area (Å²) in [4.78, 5) is 7.08. The maximum atomic E-state index is 4.71. The smallest absolute Gasteiger partial charge is 0.0547 e. The molecule has 0 atom stereocenters. The van der Waals surface area contributed by atoms with Crippen molar-refractivity contribution < 1.29 is 0 Å². The van der Waals surface area contributed by atoms with Gasteiger partial charge in [0.15, 0.2) is 0 Å². The molecule has 0 saturated heterocycles. The highest BCUT2D eigenvalue weighted by atomic mass is 15.1. The number of hydrogen-bond acceptors (Lipinski definition) is 3. The number of hydrogen-bond donors (Lipinski definition) is 1. The van der Waals surface area contributed by atoms with Gasteiger partial charge >= 0.3 is 0 Å². The van der Waals surface area contributed by atoms with Crippen molar-refractivity contribution in [1.82, 2.24) is 15.2 Å². The Morgan fingerprint density at radius 2 is 2.05 bits per heavy atom. The summed E-state index contributed by atoms with van der Waals surface area (Å²) in [6, 6.07) is 6.29. The second kappa shape index (κ2) is 9.70. The van der Waals surface area contributed by atoms with Gasteiger partial charge < -0.3 is 5.32 Å². The van der Waals surface area contributed by atoms with Gasteiger partial charge in [0.25, 0.3) is 0 Å². The topological polar surface area (TPSA) is 28.2 Å². The van der Waals surface area contributed by atoms with E-state index in [-0.39, 0.29) is 0 Å². The molecule has 0 spiro atoms. The van der Waals surface area contributed by atoms with Crippen molar-refractivity contribution >= 4 is 0 Å². The fraction of sp³-hybridized carbons (Fsp3) is 0.562. The van der Waals surface area contributed by atoms with Gasteiger partial charge in [0, 0.05) is 19.6 Å². The monoisotopic (exact) mass is 261 g/mol. The molecule has 0 fully saturated rings. The molecule has 106 valence electrons. The largest absolute Gasteiger partial charge is 0.311 e. The number of nitrogens with one attached hydrogen (secondary N) is 1. The summed E-state index contributed by atoms with van der Waals surface area (Å²) < 4.78 is 0. The van der Waals surface area contributed by atoms with Crippen molar-refractivity contribution in [3.05, 3.63) is 42.2 Å². The molecule has 0 amide bonds. The Balaban J connectivity index is 2.56. The van der Waals surface area contributed by atoms with Gasteiger partial charge in [-0.25, -0.2) is 0 Å². The van der Waals surface area contributed by atoms with E-state index in [0.29, 0.717) is 0 Å². The Bertz CT molecular complexity index is 363. The molecule has 1 aromatic rings. The standard InChI is InChI=1S/C16H27N3/c1-4-10-17-13-15-8-7-9-16(18-15)14-19(11-5-2)12-6-3/h5,7-9,17H,2,4,6,10-14H2,1,3H3. The van der Waals surface area contributed by atoms with Crippen LogP contribution in [-0.4, -0.2) is 29.5 Å². The Hall–Kier alpha value is -1.19. The summed E-state index contributed by atoms with van der Waals surface area (Å²) in [6.07, 6.45) is 4.28. The van der Waals surface area contributed by atoms with E-state index in [0.717, 1.165) is 57.0 Å². The van der Waals surface area contributed by atoms with Crippen molar-refractivity contribution in [1.29, 1.82) is 0 Å². The minimum atomic E-state index is 0.858. The number of pyridine rings is 1. The zero-order chi connectivity index (χ0) is 13.9. The minimum Gasteiger partial charge on any atom is -0.311 e. The normalized spacial score (nSPS) is 10.9. The number of nitrogens with zero attached hydrogens (tertiary/aromatic N) is 2. The van der Waals surface area contributed by atoms with Crippen molar-refractivity contribution in [3.8, 4) is 0 Å². The predicted octanol–water partition coefficient (Wildman–Crippen LogP) is 2.98. The third-order valence-electron chi connectivity index (χ3n) is 2.91. The van der Waals surface area contributed by atoms with Crippen LogP contribution >= 0.6 is 0 Å². The first kappa shape index (κ1) is 15.9. The van der Waals surface area contributed by atoms with Crippen LogP contribution in [0.15, 0.2) is 30.9 Å². The molecular weight excluding hydrogens is 234 g/mol. The first-order valence-electron chi connectivity index (χ1n) is 7.28. The minimum absolute atomic E-state index is 0.858. The third kappa shape index (κ3) is 6.50. The molecule has 0 bridgehead atoms. The van der Waals surface area contributed by atoms with E-state index in [4.69, 9.17) is 4.98 Å². The highest BCUT2D eigenvalue weighted by molar-refractivity contribution is 5.11. The summed E-state index contributed by atoms with van der Waals surface area (Å²) >= 11 is 0. The summed E-state index contributed by atoms with van der Waals surface area (Å²) in [5.41, 5.74) is 2.27. The van der Waals surface area contributed by atoms with E-state index < -0.39 is 0 Å². The lowest BCUT2D eigenvalue weighted by Gasteiger charge is -2.19. The Morgan fingerprint density at radius 3 is 2.74 bits per heavy atom. The average molecular weight is 261 g/mol. The molecule has 0 unspecified atom stereocenters. The molecule has 0 aliphatic carbocycles.